The minimum atomic E-state index is -0.815. The predicted octanol–water partition coefficient (Wildman–Crippen LogP) is 3.58. The second-order valence-corrected chi connectivity index (χ2v) is 8.36. The van der Waals surface area contributed by atoms with Crippen molar-refractivity contribution in [2.24, 2.45) is 11.8 Å². The molecule has 3 nitrogen and oxygen atoms in total. The quantitative estimate of drug-likeness (QED) is 0.710. The molecule has 23 heavy (non-hydrogen) atoms. The molecule has 0 saturated carbocycles. The lowest BCUT2D eigenvalue weighted by Crippen LogP contribution is -2.48. The Kier molecular flexibility index (Phi) is 7.77. The molecule has 0 aromatic rings. The summed E-state index contributed by atoms with van der Waals surface area (Å²) in [6.45, 7) is 15.0. The molecular formula is C19H37FN2O. The van der Waals surface area contributed by atoms with Crippen LogP contribution in [0.15, 0.2) is 0 Å². The van der Waals surface area contributed by atoms with E-state index in [0.717, 1.165) is 57.8 Å². The zero-order valence-corrected chi connectivity index (χ0v) is 15.6. The summed E-state index contributed by atoms with van der Waals surface area (Å²) in [5, 5.41) is 0. The Morgan fingerprint density at radius 1 is 0.957 bits per heavy atom. The average Bonchev–Trinajstić information content (AvgIpc) is 2.49. The molecule has 4 heteroatoms. The van der Waals surface area contributed by atoms with Crippen molar-refractivity contribution in [1.82, 2.24) is 9.80 Å². The van der Waals surface area contributed by atoms with Gasteiger partial charge in [-0.05, 0) is 44.1 Å². The van der Waals surface area contributed by atoms with Crippen molar-refractivity contribution >= 4 is 0 Å². The minimum Gasteiger partial charge on any atom is -0.372 e. The van der Waals surface area contributed by atoms with E-state index < -0.39 is 6.17 Å². The van der Waals surface area contributed by atoms with Gasteiger partial charge in [-0.2, -0.15) is 0 Å². The number of piperidine rings is 2. The third-order valence-electron chi connectivity index (χ3n) is 5.11. The van der Waals surface area contributed by atoms with Gasteiger partial charge in [0.2, 0.25) is 0 Å². The van der Waals surface area contributed by atoms with Gasteiger partial charge >= 0.3 is 0 Å². The molecule has 0 aromatic heterocycles. The number of hydrogen-bond acceptors (Lipinski definition) is 3. The van der Waals surface area contributed by atoms with Crippen LogP contribution in [-0.4, -0.2) is 67.4 Å². The molecule has 2 saturated heterocycles. The largest absolute Gasteiger partial charge is 0.372 e. The maximum absolute atomic E-state index is 14.4. The fourth-order valence-electron chi connectivity index (χ4n) is 3.73. The van der Waals surface area contributed by atoms with Gasteiger partial charge in [0.1, 0.15) is 6.17 Å². The Morgan fingerprint density at radius 2 is 1.61 bits per heavy atom. The van der Waals surface area contributed by atoms with Crippen LogP contribution in [0, 0.1) is 11.8 Å². The normalized spacial score (nSPS) is 28.8. The molecule has 0 aliphatic carbocycles. The van der Waals surface area contributed by atoms with Gasteiger partial charge in [0.05, 0.1) is 12.2 Å². The van der Waals surface area contributed by atoms with Gasteiger partial charge in [-0.25, -0.2) is 4.39 Å². The first-order valence-corrected chi connectivity index (χ1v) is 9.68. The fourth-order valence-corrected chi connectivity index (χ4v) is 3.73. The van der Waals surface area contributed by atoms with Gasteiger partial charge < -0.3 is 14.5 Å². The van der Waals surface area contributed by atoms with Crippen molar-refractivity contribution < 1.29 is 9.13 Å². The highest BCUT2D eigenvalue weighted by Crippen LogP contribution is 2.23. The second kappa shape index (κ2) is 9.33. The molecule has 2 rings (SSSR count). The molecule has 2 heterocycles. The number of likely N-dealkylation sites (tertiary alicyclic amines) is 2. The van der Waals surface area contributed by atoms with E-state index in [1.54, 1.807) is 0 Å². The summed E-state index contributed by atoms with van der Waals surface area (Å²) in [7, 11) is 0. The monoisotopic (exact) mass is 328 g/mol. The zero-order chi connectivity index (χ0) is 16.8. The Morgan fingerprint density at radius 3 is 2.17 bits per heavy atom. The Hall–Kier alpha value is -0.190. The van der Waals surface area contributed by atoms with Gasteiger partial charge in [0.25, 0.3) is 0 Å². The Bertz CT molecular complexity index is 329. The van der Waals surface area contributed by atoms with Crippen LogP contribution >= 0.6 is 0 Å². The first-order valence-electron chi connectivity index (χ1n) is 9.68. The molecule has 0 spiro atoms. The molecule has 0 N–H and O–H groups in total. The highest BCUT2D eigenvalue weighted by Gasteiger charge is 2.32. The van der Waals surface area contributed by atoms with Crippen molar-refractivity contribution in [2.45, 2.75) is 71.8 Å². The number of nitrogens with zero attached hydrogens (tertiary/aromatic N) is 2. The molecule has 2 aliphatic heterocycles. The van der Waals surface area contributed by atoms with Crippen LogP contribution in [0.1, 0.15) is 53.4 Å². The van der Waals surface area contributed by atoms with E-state index in [9.17, 15) is 4.39 Å². The Labute approximate surface area is 142 Å². The summed E-state index contributed by atoms with van der Waals surface area (Å²) in [4.78, 5) is 4.79. The van der Waals surface area contributed by atoms with Gasteiger partial charge in [0, 0.05) is 32.7 Å². The van der Waals surface area contributed by atoms with Crippen molar-refractivity contribution in [1.29, 1.82) is 0 Å². The lowest BCUT2D eigenvalue weighted by molar-refractivity contribution is -0.0991. The highest BCUT2D eigenvalue weighted by molar-refractivity contribution is 4.83. The fraction of sp³-hybridized carbons (Fsp3) is 1.00. The van der Waals surface area contributed by atoms with E-state index in [1.807, 2.05) is 0 Å². The van der Waals surface area contributed by atoms with E-state index in [2.05, 4.69) is 37.5 Å². The van der Waals surface area contributed by atoms with Gasteiger partial charge in [0.15, 0.2) is 0 Å². The van der Waals surface area contributed by atoms with Crippen LogP contribution in [0.5, 0.6) is 0 Å². The first kappa shape index (κ1) is 19.1. The molecule has 2 unspecified atom stereocenters. The van der Waals surface area contributed by atoms with Crippen molar-refractivity contribution in [2.75, 3.05) is 39.3 Å². The summed E-state index contributed by atoms with van der Waals surface area (Å²) in [5.41, 5.74) is 0. The molecule has 0 radical (unpaired) electrons. The summed E-state index contributed by atoms with van der Waals surface area (Å²) >= 11 is 0. The molecule has 0 bridgehead atoms. The average molecular weight is 329 g/mol. The summed E-state index contributed by atoms with van der Waals surface area (Å²) in [6, 6.07) is 0. The van der Waals surface area contributed by atoms with E-state index in [-0.39, 0.29) is 12.2 Å². The van der Waals surface area contributed by atoms with Crippen molar-refractivity contribution in [3.8, 4) is 0 Å². The highest BCUT2D eigenvalue weighted by atomic mass is 19.1. The SMILES string of the molecule is CC(C)CCN1CCC(OC2CCN(CC(C)C)CC2)C(F)C1. The molecule has 0 amide bonds. The smallest absolute Gasteiger partial charge is 0.139 e. The van der Waals surface area contributed by atoms with Crippen LogP contribution in [0.4, 0.5) is 4.39 Å². The van der Waals surface area contributed by atoms with Gasteiger partial charge in [-0.15, -0.1) is 0 Å². The second-order valence-electron chi connectivity index (χ2n) is 8.36. The lowest BCUT2D eigenvalue weighted by atomic mass is 10.0. The standard InChI is InChI=1S/C19H37FN2O/c1-15(2)5-9-22-12-8-19(18(20)14-22)23-17-6-10-21(11-7-17)13-16(3)4/h15-19H,5-14H2,1-4H3. The summed E-state index contributed by atoms with van der Waals surface area (Å²) < 4.78 is 20.6. The van der Waals surface area contributed by atoms with Crippen molar-refractivity contribution in [3.63, 3.8) is 0 Å². The molecular weight excluding hydrogens is 291 g/mol. The van der Waals surface area contributed by atoms with Crippen LogP contribution in [0.2, 0.25) is 0 Å². The molecule has 0 aromatic carbocycles. The van der Waals surface area contributed by atoms with Gasteiger partial charge in [-0.3, -0.25) is 0 Å². The van der Waals surface area contributed by atoms with E-state index in [0.29, 0.717) is 12.5 Å². The number of halogens is 1. The van der Waals surface area contributed by atoms with Crippen molar-refractivity contribution in [3.05, 3.63) is 0 Å². The first-order chi connectivity index (χ1) is 10.9. The van der Waals surface area contributed by atoms with Crippen LogP contribution in [-0.2, 0) is 4.74 Å². The maximum Gasteiger partial charge on any atom is 0.139 e. The van der Waals surface area contributed by atoms with Crippen LogP contribution < -0.4 is 0 Å². The lowest BCUT2D eigenvalue weighted by Gasteiger charge is -2.39. The Balaban J connectivity index is 1.67. The molecule has 2 aliphatic rings. The topological polar surface area (TPSA) is 15.7 Å². The maximum atomic E-state index is 14.4. The number of alkyl halides is 1. The molecule has 2 fully saturated rings. The molecule has 2 atom stereocenters. The van der Waals surface area contributed by atoms with Crippen LogP contribution in [0.25, 0.3) is 0 Å². The predicted molar refractivity (Wildman–Crippen MR) is 94.6 cm³/mol. The third kappa shape index (κ3) is 6.67. The summed E-state index contributed by atoms with van der Waals surface area (Å²) in [6.07, 6.45) is 3.42. The van der Waals surface area contributed by atoms with E-state index >= 15 is 0 Å². The molecule has 136 valence electrons. The zero-order valence-electron chi connectivity index (χ0n) is 15.6. The number of ether oxygens (including phenoxy) is 1. The number of hydrogen-bond donors (Lipinski definition) is 0. The minimum absolute atomic E-state index is 0.174. The summed E-state index contributed by atoms with van der Waals surface area (Å²) in [5.74, 6) is 1.41. The van der Waals surface area contributed by atoms with E-state index in [1.165, 1.54) is 6.54 Å². The van der Waals surface area contributed by atoms with Crippen LogP contribution in [0.3, 0.4) is 0 Å². The number of rotatable bonds is 7. The van der Waals surface area contributed by atoms with Gasteiger partial charge in [-0.1, -0.05) is 27.7 Å². The third-order valence-corrected chi connectivity index (χ3v) is 5.11. The van der Waals surface area contributed by atoms with E-state index in [4.69, 9.17) is 4.74 Å².